The first-order chi connectivity index (χ1) is 8.84. The number of anilines is 1. The molecule has 2 N–H and O–H groups in total. The van der Waals surface area contributed by atoms with E-state index in [1.807, 2.05) is 24.3 Å². The van der Waals surface area contributed by atoms with Crippen molar-refractivity contribution in [2.24, 2.45) is 5.92 Å². The van der Waals surface area contributed by atoms with Crippen molar-refractivity contribution < 1.29 is 9.47 Å². The molecular weight excluding hydrogens is 228 g/mol. The van der Waals surface area contributed by atoms with Crippen LogP contribution in [0.1, 0.15) is 6.42 Å². The van der Waals surface area contributed by atoms with Gasteiger partial charge in [-0.05, 0) is 30.7 Å². The van der Waals surface area contributed by atoms with Gasteiger partial charge in [0.15, 0.2) is 0 Å². The largest absolute Gasteiger partial charge is 0.493 e. The summed E-state index contributed by atoms with van der Waals surface area (Å²) in [5, 5.41) is 0.969. The van der Waals surface area contributed by atoms with Crippen LogP contribution >= 0.6 is 0 Å². The Kier molecular flexibility index (Phi) is 3.02. The molecule has 0 radical (unpaired) electrons. The molecule has 18 heavy (non-hydrogen) atoms. The summed E-state index contributed by atoms with van der Waals surface area (Å²) in [4.78, 5) is 4.29. The molecule has 1 atom stereocenters. The fourth-order valence-corrected chi connectivity index (χ4v) is 2.22. The van der Waals surface area contributed by atoms with Crippen molar-refractivity contribution in [2.75, 3.05) is 25.6 Å². The highest BCUT2D eigenvalue weighted by Gasteiger charge is 2.16. The maximum atomic E-state index is 5.91. The second kappa shape index (κ2) is 4.82. The topological polar surface area (TPSA) is 57.4 Å². The van der Waals surface area contributed by atoms with E-state index in [9.17, 15) is 0 Å². The minimum atomic E-state index is 0.495. The molecule has 0 aliphatic carbocycles. The number of pyridine rings is 1. The normalized spacial score (nSPS) is 19.2. The number of fused-ring (bicyclic) bond motifs is 1. The van der Waals surface area contributed by atoms with Crippen LogP contribution in [-0.4, -0.2) is 24.8 Å². The Balaban J connectivity index is 1.85. The van der Waals surface area contributed by atoms with Gasteiger partial charge in [0.25, 0.3) is 0 Å². The highest BCUT2D eigenvalue weighted by Crippen LogP contribution is 2.29. The van der Waals surface area contributed by atoms with Gasteiger partial charge in [0, 0.05) is 24.1 Å². The Labute approximate surface area is 106 Å². The standard InChI is InChI=1S/C14H16N2O2/c15-12-3-4-13(11-2-1-6-16-14(11)12)18-9-10-5-7-17-8-10/h1-4,6,10H,5,7-9,15H2. The molecule has 1 aliphatic rings. The molecule has 0 saturated carbocycles. The van der Waals surface area contributed by atoms with E-state index >= 15 is 0 Å². The second-order valence-corrected chi connectivity index (χ2v) is 4.59. The summed E-state index contributed by atoms with van der Waals surface area (Å²) in [5.41, 5.74) is 7.39. The van der Waals surface area contributed by atoms with Gasteiger partial charge in [-0.15, -0.1) is 0 Å². The van der Waals surface area contributed by atoms with E-state index in [2.05, 4.69) is 4.98 Å². The van der Waals surface area contributed by atoms with Crippen molar-refractivity contribution in [3.05, 3.63) is 30.5 Å². The van der Waals surface area contributed by atoms with Gasteiger partial charge in [0.05, 0.1) is 24.4 Å². The van der Waals surface area contributed by atoms with Crippen molar-refractivity contribution >= 4 is 16.6 Å². The fraction of sp³-hybridized carbons (Fsp3) is 0.357. The minimum absolute atomic E-state index is 0.495. The van der Waals surface area contributed by atoms with Crippen LogP contribution in [0.5, 0.6) is 5.75 Å². The molecular formula is C14H16N2O2. The maximum Gasteiger partial charge on any atom is 0.128 e. The number of benzene rings is 1. The molecule has 2 aromatic rings. The van der Waals surface area contributed by atoms with E-state index < -0.39 is 0 Å². The van der Waals surface area contributed by atoms with E-state index in [0.717, 1.165) is 36.3 Å². The highest BCUT2D eigenvalue weighted by molar-refractivity contribution is 5.93. The van der Waals surface area contributed by atoms with Gasteiger partial charge in [-0.1, -0.05) is 0 Å². The summed E-state index contributed by atoms with van der Waals surface area (Å²) in [5.74, 6) is 1.34. The molecule has 0 spiro atoms. The maximum absolute atomic E-state index is 5.91. The molecule has 4 heteroatoms. The predicted molar refractivity (Wildman–Crippen MR) is 70.6 cm³/mol. The third-order valence-corrected chi connectivity index (χ3v) is 3.26. The van der Waals surface area contributed by atoms with Gasteiger partial charge in [0.1, 0.15) is 5.75 Å². The lowest BCUT2D eigenvalue weighted by molar-refractivity contribution is 0.167. The Morgan fingerprint density at radius 1 is 1.39 bits per heavy atom. The quantitative estimate of drug-likeness (QED) is 0.841. The molecule has 0 amide bonds. The average Bonchev–Trinajstić information content (AvgIpc) is 2.92. The summed E-state index contributed by atoms with van der Waals surface area (Å²) >= 11 is 0. The number of aromatic nitrogens is 1. The van der Waals surface area contributed by atoms with Gasteiger partial charge in [-0.2, -0.15) is 0 Å². The number of ether oxygens (including phenoxy) is 2. The van der Waals surface area contributed by atoms with Crippen molar-refractivity contribution in [2.45, 2.75) is 6.42 Å². The van der Waals surface area contributed by atoms with Gasteiger partial charge in [0.2, 0.25) is 0 Å². The van der Waals surface area contributed by atoms with Gasteiger partial charge in [-0.3, -0.25) is 4.98 Å². The van der Waals surface area contributed by atoms with Crippen LogP contribution in [-0.2, 0) is 4.74 Å². The summed E-state index contributed by atoms with van der Waals surface area (Å²) in [7, 11) is 0. The van der Waals surface area contributed by atoms with E-state index in [-0.39, 0.29) is 0 Å². The predicted octanol–water partition coefficient (Wildman–Crippen LogP) is 2.23. The molecule has 1 fully saturated rings. The summed E-state index contributed by atoms with van der Waals surface area (Å²) < 4.78 is 11.2. The molecule has 1 aliphatic heterocycles. The van der Waals surface area contributed by atoms with Crippen LogP contribution in [0.15, 0.2) is 30.5 Å². The lowest BCUT2D eigenvalue weighted by Gasteiger charge is -2.12. The van der Waals surface area contributed by atoms with Crippen LogP contribution in [0.3, 0.4) is 0 Å². The highest BCUT2D eigenvalue weighted by atomic mass is 16.5. The number of hydrogen-bond donors (Lipinski definition) is 1. The van der Waals surface area contributed by atoms with Crippen molar-refractivity contribution in [3.8, 4) is 5.75 Å². The smallest absolute Gasteiger partial charge is 0.128 e. The number of hydrogen-bond acceptors (Lipinski definition) is 4. The zero-order valence-corrected chi connectivity index (χ0v) is 10.1. The summed E-state index contributed by atoms with van der Waals surface area (Å²) in [6.07, 6.45) is 2.82. The lowest BCUT2D eigenvalue weighted by atomic mass is 10.1. The molecule has 0 bridgehead atoms. The second-order valence-electron chi connectivity index (χ2n) is 4.59. The van der Waals surface area contributed by atoms with Crippen LogP contribution in [0.4, 0.5) is 5.69 Å². The SMILES string of the molecule is Nc1ccc(OCC2CCOC2)c2cccnc12. The van der Waals surface area contributed by atoms with E-state index in [4.69, 9.17) is 15.2 Å². The molecule has 1 aromatic carbocycles. The number of nitrogens with two attached hydrogens (primary N) is 1. The first-order valence-corrected chi connectivity index (χ1v) is 6.18. The minimum Gasteiger partial charge on any atom is -0.493 e. The van der Waals surface area contributed by atoms with Crippen molar-refractivity contribution in [1.29, 1.82) is 0 Å². The van der Waals surface area contributed by atoms with E-state index in [0.29, 0.717) is 18.2 Å². The number of nitrogens with zero attached hydrogens (tertiary/aromatic N) is 1. The third-order valence-electron chi connectivity index (χ3n) is 3.26. The molecule has 94 valence electrons. The first-order valence-electron chi connectivity index (χ1n) is 6.18. The molecule has 1 aromatic heterocycles. The Morgan fingerprint density at radius 2 is 2.33 bits per heavy atom. The van der Waals surface area contributed by atoms with E-state index in [1.165, 1.54) is 0 Å². The number of nitrogen functional groups attached to an aromatic ring is 1. The molecule has 4 nitrogen and oxygen atoms in total. The lowest BCUT2D eigenvalue weighted by Crippen LogP contribution is -2.11. The molecule has 1 saturated heterocycles. The van der Waals surface area contributed by atoms with Crippen molar-refractivity contribution in [1.82, 2.24) is 4.98 Å². The third kappa shape index (κ3) is 2.11. The van der Waals surface area contributed by atoms with Gasteiger partial charge in [-0.25, -0.2) is 0 Å². The Bertz CT molecular complexity index is 550. The van der Waals surface area contributed by atoms with Crippen LogP contribution in [0.25, 0.3) is 10.9 Å². The number of rotatable bonds is 3. The van der Waals surface area contributed by atoms with Gasteiger partial charge < -0.3 is 15.2 Å². The zero-order valence-electron chi connectivity index (χ0n) is 10.1. The van der Waals surface area contributed by atoms with Crippen LogP contribution in [0.2, 0.25) is 0 Å². The summed E-state index contributed by atoms with van der Waals surface area (Å²) in [6, 6.07) is 7.64. The monoisotopic (exact) mass is 244 g/mol. The van der Waals surface area contributed by atoms with E-state index in [1.54, 1.807) is 6.20 Å². The Morgan fingerprint density at radius 3 is 3.17 bits per heavy atom. The average molecular weight is 244 g/mol. The fourth-order valence-electron chi connectivity index (χ4n) is 2.22. The van der Waals surface area contributed by atoms with Crippen LogP contribution in [0, 0.1) is 5.92 Å². The van der Waals surface area contributed by atoms with Crippen molar-refractivity contribution in [3.63, 3.8) is 0 Å². The zero-order chi connectivity index (χ0) is 12.4. The van der Waals surface area contributed by atoms with Crippen LogP contribution < -0.4 is 10.5 Å². The summed E-state index contributed by atoms with van der Waals surface area (Å²) in [6.45, 7) is 2.33. The molecule has 1 unspecified atom stereocenters. The first kappa shape index (κ1) is 11.3. The molecule has 2 heterocycles. The Hall–Kier alpha value is -1.81. The van der Waals surface area contributed by atoms with Gasteiger partial charge >= 0.3 is 0 Å². The molecule has 3 rings (SSSR count).